The molecule has 0 saturated carbocycles. The Morgan fingerprint density at radius 3 is 1.71 bits per heavy atom. The molecule has 0 aromatic heterocycles. The van der Waals surface area contributed by atoms with E-state index < -0.39 is 0 Å². The molecule has 0 radical (unpaired) electrons. The molecule has 0 saturated heterocycles. The first kappa shape index (κ1) is 15.8. The molecule has 0 heterocycles. The summed E-state index contributed by atoms with van der Waals surface area (Å²) in [5.41, 5.74) is 3.04. The van der Waals surface area contributed by atoms with Crippen molar-refractivity contribution >= 4 is 5.90 Å². The van der Waals surface area contributed by atoms with Gasteiger partial charge in [-0.15, -0.1) is 0 Å². The second kappa shape index (κ2) is 8.53. The third-order valence-electron chi connectivity index (χ3n) is 3.46. The summed E-state index contributed by atoms with van der Waals surface area (Å²) in [5, 5.41) is 4.20. The van der Waals surface area contributed by atoms with E-state index in [9.17, 15) is 0 Å². The zero-order chi connectivity index (χ0) is 16.5. The van der Waals surface area contributed by atoms with Crippen LogP contribution in [0, 0.1) is 0 Å². The van der Waals surface area contributed by atoms with E-state index in [1.165, 1.54) is 0 Å². The fourth-order valence-corrected chi connectivity index (χ4v) is 2.21. The first-order valence-corrected chi connectivity index (χ1v) is 7.88. The van der Waals surface area contributed by atoms with E-state index >= 15 is 0 Å². The zero-order valence-electron chi connectivity index (χ0n) is 13.3. The van der Waals surface area contributed by atoms with E-state index in [2.05, 4.69) is 5.16 Å². The van der Waals surface area contributed by atoms with E-state index in [4.69, 9.17) is 9.57 Å². The minimum absolute atomic E-state index is 0.409. The summed E-state index contributed by atoms with van der Waals surface area (Å²) >= 11 is 0. The van der Waals surface area contributed by atoms with Crippen molar-refractivity contribution in [1.29, 1.82) is 0 Å². The van der Waals surface area contributed by atoms with E-state index in [0.717, 1.165) is 16.7 Å². The van der Waals surface area contributed by atoms with Crippen LogP contribution >= 0.6 is 0 Å². The van der Waals surface area contributed by atoms with Gasteiger partial charge in [-0.05, 0) is 28.4 Å². The Bertz CT molecular complexity index is 756. The van der Waals surface area contributed by atoms with Crippen LogP contribution in [-0.2, 0) is 22.8 Å². The number of nitrogens with zero attached hydrogens (tertiary/aromatic N) is 1. The summed E-state index contributed by atoms with van der Waals surface area (Å²) in [7, 11) is 0. The average Bonchev–Trinajstić information content (AvgIpc) is 2.67. The molecule has 0 atom stereocenters. The molecule has 0 aliphatic rings. The van der Waals surface area contributed by atoms with Gasteiger partial charge in [-0.25, -0.2) is 0 Å². The van der Waals surface area contributed by atoms with E-state index in [1.807, 2.05) is 91.0 Å². The Morgan fingerprint density at radius 2 is 1.12 bits per heavy atom. The Hall–Kier alpha value is -3.07. The van der Waals surface area contributed by atoms with Crippen LogP contribution in [0.4, 0.5) is 0 Å². The van der Waals surface area contributed by atoms with Gasteiger partial charge < -0.3 is 9.57 Å². The van der Waals surface area contributed by atoms with Gasteiger partial charge in [0.15, 0.2) is 0 Å². The summed E-state index contributed by atoms with van der Waals surface area (Å²) in [6, 6.07) is 29.7. The fraction of sp³-hybridized carbons (Fsp3) is 0.0952. The standard InChI is InChI=1S/C21H19NO2/c1-4-10-18(11-5-1)16-23-21(20-14-8-3-9-15-20)22-24-17-19-12-6-2-7-13-19/h1-15H,16-17H2. The lowest BCUT2D eigenvalue weighted by molar-refractivity contribution is 0.118. The van der Waals surface area contributed by atoms with Crippen LogP contribution in [0.25, 0.3) is 0 Å². The van der Waals surface area contributed by atoms with Gasteiger partial charge in [0.2, 0.25) is 0 Å². The minimum Gasteiger partial charge on any atom is -0.470 e. The van der Waals surface area contributed by atoms with Crippen molar-refractivity contribution in [1.82, 2.24) is 0 Å². The second-order valence-electron chi connectivity index (χ2n) is 5.30. The third-order valence-corrected chi connectivity index (χ3v) is 3.46. The van der Waals surface area contributed by atoms with Gasteiger partial charge in [-0.3, -0.25) is 0 Å². The van der Waals surface area contributed by atoms with Crippen molar-refractivity contribution in [3.8, 4) is 0 Å². The Kier molecular flexibility index (Phi) is 5.62. The normalized spacial score (nSPS) is 11.1. The van der Waals surface area contributed by atoms with Crippen molar-refractivity contribution in [3.63, 3.8) is 0 Å². The SMILES string of the molecule is c1ccc(CON=C(OCc2ccccc2)c2ccccc2)cc1. The topological polar surface area (TPSA) is 30.8 Å². The Morgan fingerprint density at radius 1 is 0.625 bits per heavy atom. The molecule has 3 nitrogen and oxygen atoms in total. The van der Waals surface area contributed by atoms with E-state index in [-0.39, 0.29) is 0 Å². The summed E-state index contributed by atoms with van der Waals surface area (Å²) in [6.07, 6.45) is 0. The molecule has 3 aromatic rings. The molecule has 3 aromatic carbocycles. The predicted molar refractivity (Wildman–Crippen MR) is 95.4 cm³/mol. The fourth-order valence-electron chi connectivity index (χ4n) is 2.21. The van der Waals surface area contributed by atoms with Crippen LogP contribution in [0.2, 0.25) is 0 Å². The highest BCUT2D eigenvalue weighted by atomic mass is 16.6. The van der Waals surface area contributed by atoms with Crippen LogP contribution in [-0.4, -0.2) is 5.90 Å². The lowest BCUT2D eigenvalue weighted by Crippen LogP contribution is -2.08. The van der Waals surface area contributed by atoms with Crippen LogP contribution in [0.15, 0.2) is 96.2 Å². The Balaban J connectivity index is 1.68. The summed E-state index contributed by atoms with van der Waals surface area (Å²) in [5.74, 6) is 0.482. The lowest BCUT2D eigenvalue weighted by atomic mass is 10.2. The van der Waals surface area contributed by atoms with Gasteiger partial charge in [-0.1, -0.05) is 78.9 Å². The van der Waals surface area contributed by atoms with E-state index in [0.29, 0.717) is 19.1 Å². The number of benzene rings is 3. The van der Waals surface area contributed by atoms with Gasteiger partial charge >= 0.3 is 0 Å². The number of oxime groups is 1. The number of hydrogen-bond donors (Lipinski definition) is 0. The highest BCUT2D eigenvalue weighted by Gasteiger charge is 2.06. The van der Waals surface area contributed by atoms with Gasteiger partial charge in [0.1, 0.15) is 13.2 Å². The van der Waals surface area contributed by atoms with Crippen LogP contribution in [0.5, 0.6) is 0 Å². The highest BCUT2D eigenvalue weighted by molar-refractivity contribution is 5.93. The molecular weight excluding hydrogens is 298 g/mol. The minimum atomic E-state index is 0.409. The third kappa shape index (κ3) is 4.71. The molecule has 0 unspecified atom stereocenters. The van der Waals surface area contributed by atoms with Crippen molar-refractivity contribution in [2.24, 2.45) is 5.16 Å². The second-order valence-corrected chi connectivity index (χ2v) is 5.30. The molecule has 0 aliphatic carbocycles. The number of ether oxygens (including phenoxy) is 1. The molecule has 24 heavy (non-hydrogen) atoms. The van der Waals surface area contributed by atoms with Crippen LogP contribution in [0.1, 0.15) is 16.7 Å². The molecular formula is C21H19NO2. The van der Waals surface area contributed by atoms with Crippen molar-refractivity contribution in [2.75, 3.05) is 0 Å². The van der Waals surface area contributed by atoms with E-state index in [1.54, 1.807) is 0 Å². The summed E-state index contributed by atoms with van der Waals surface area (Å²) < 4.78 is 5.88. The monoisotopic (exact) mass is 317 g/mol. The van der Waals surface area contributed by atoms with Crippen LogP contribution < -0.4 is 0 Å². The maximum Gasteiger partial charge on any atom is 0.257 e. The molecule has 0 bridgehead atoms. The largest absolute Gasteiger partial charge is 0.470 e. The highest BCUT2D eigenvalue weighted by Crippen LogP contribution is 2.09. The smallest absolute Gasteiger partial charge is 0.257 e. The van der Waals surface area contributed by atoms with Gasteiger partial charge in [0, 0.05) is 5.56 Å². The zero-order valence-corrected chi connectivity index (χ0v) is 13.3. The molecule has 0 amide bonds. The molecule has 0 N–H and O–H groups in total. The Labute approximate surface area is 142 Å². The predicted octanol–water partition coefficient (Wildman–Crippen LogP) is 4.78. The molecule has 120 valence electrons. The first-order valence-electron chi connectivity index (χ1n) is 7.88. The van der Waals surface area contributed by atoms with Crippen molar-refractivity contribution in [2.45, 2.75) is 13.2 Å². The molecule has 0 aliphatic heterocycles. The summed E-state index contributed by atoms with van der Waals surface area (Å²) in [6.45, 7) is 0.856. The summed E-state index contributed by atoms with van der Waals surface area (Å²) in [4.78, 5) is 5.49. The maximum atomic E-state index is 5.88. The maximum absolute atomic E-state index is 5.88. The first-order chi connectivity index (χ1) is 11.9. The van der Waals surface area contributed by atoms with Gasteiger partial charge in [-0.2, -0.15) is 0 Å². The quantitative estimate of drug-likeness (QED) is 0.372. The molecule has 3 heteroatoms. The van der Waals surface area contributed by atoms with Crippen molar-refractivity contribution in [3.05, 3.63) is 108 Å². The number of rotatable bonds is 6. The molecule has 3 rings (SSSR count). The molecule has 0 fully saturated rings. The van der Waals surface area contributed by atoms with Gasteiger partial charge in [0.05, 0.1) is 0 Å². The molecule has 0 spiro atoms. The van der Waals surface area contributed by atoms with Crippen LogP contribution in [0.3, 0.4) is 0 Å². The van der Waals surface area contributed by atoms with Crippen molar-refractivity contribution < 1.29 is 9.57 Å². The van der Waals surface area contributed by atoms with Gasteiger partial charge in [0.25, 0.3) is 5.90 Å². The lowest BCUT2D eigenvalue weighted by Gasteiger charge is -2.09. The number of hydrogen-bond acceptors (Lipinski definition) is 3. The average molecular weight is 317 g/mol.